The van der Waals surface area contributed by atoms with Crippen molar-refractivity contribution >= 4 is 28.4 Å². The summed E-state index contributed by atoms with van der Waals surface area (Å²) in [4.78, 5) is 0. The predicted octanol–water partition coefficient (Wildman–Crippen LogP) is 2.72. The molecule has 1 aromatic heterocycles. The van der Waals surface area contributed by atoms with Crippen molar-refractivity contribution in [2.45, 2.75) is 19.8 Å². The lowest BCUT2D eigenvalue weighted by Gasteiger charge is -2.11. The van der Waals surface area contributed by atoms with E-state index >= 15 is 0 Å². The van der Waals surface area contributed by atoms with Gasteiger partial charge in [-0.15, -0.1) is 5.10 Å². The zero-order valence-corrected chi connectivity index (χ0v) is 11.6. The third-order valence-corrected chi connectivity index (χ3v) is 3.28. The topological polar surface area (TPSA) is 56.7 Å². The van der Waals surface area contributed by atoms with Crippen LogP contribution in [0.1, 0.15) is 25.5 Å². The normalized spacial score (nSPS) is 11.1. The van der Waals surface area contributed by atoms with E-state index in [9.17, 15) is 4.39 Å². The molecule has 17 heavy (non-hydrogen) atoms. The molecule has 0 aliphatic rings. The van der Waals surface area contributed by atoms with Crippen molar-refractivity contribution in [2.24, 2.45) is 0 Å². The lowest BCUT2D eigenvalue weighted by Crippen LogP contribution is -2.07. The van der Waals surface area contributed by atoms with E-state index in [0.717, 1.165) is 15.0 Å². The van der Waals surface area contributed by atoms with Crippen molar-refractivity contribution in [3.8, 4) is 5.69 Å². The Morgan fingerprint density at radius 1 is 1.41 bits per heavy atom. The zero-order valence-electron chi connectivity index (χ0n) is 9.48. The molecule has 0 amide bonds. The number of nitrogens with zero attached hydrogens (tertiary/aromatic N) is 3. The molecule has 0 unspecified atom stereocenters. The first-order valence-electron chi connectivity index (χ1n) is 5.17. The van der Waals surface area contributed by atoms with E-state index < -0.39 is 0 Å². The first-order chi connectivity index (χ1) is 8.00. The van der Waals surface area contributed by atoms with Gasteiger partial charge in [0.25, 0.3) is 0 Å². The lowest BCUT2D eigenvalue weighted by molar-refractivity contribution is 0.624. The molecule has 90 valence electrons. The number of hydrogen-bond acceptors (Lipinski definition) is 3. The van der Waals surface area contributed by atoms with Gasteiger partial charge >= 0.3 is 0 Å². The van der Waals surface area contributed by atoms with E-state index in [1.165, 1.54) is 12.1 Å². The Morgan fingerprint density at radius 3 is 2.71 bits per heavy atom. The summed E-state index contributed by atoms with van der Waals surface area (Å²) < 4.78 is 15.5. The van der Waals surface area contributed by atoms with E-state index in [1.54, 1.807) is 10.7 Å². The Labute approximate surface area is 112 Å². The standard InChI is InChI=1S/C11H12FIN4/c1-6(2)10-11(14)15-16-17(10)9-4-3-7(12)5-8(9)13/h3-6H,14H2,1-2H3. The number of nitrogens with two attached hydrogens (primary N) is 1. The van der Waals surface area contributed by atoms with Gasteiger partial charge in [-0.2, -0.15) is 0 Å². The molecule has 2 rings (SSSR count). The molecule has 0 saturated carbocycles. The highest BCUT2D eigenvalue weighted by Crippen LogP contribution is 2.25. The number of nitrogen functional groups attached to an aromatic ring is 1. The minimum Gasteiger partial charge on any atom is -0.381 e. The van der Waals surface area contributed by atoms with Gasteiger partial charge in [0.2, 0.25) is 0 Å². The molecule has 0 spiro atoms. The van der Waals surface area contributed by atoms with Crippen molar-refractivity contribution in [1.82, 2.24) is 15.0 Å². The fourth-order valence-corrected chi connectivity index (χ4v) is 2.38. The number of halogens is 2. The van der Waals surface area contributed by atoms with Gasteiger partial charge in [0.15, 0.2) is 5.82 Å². The number of benzene rings is 1. The molecule has 0 fully saturated rings. The molecular formula is C11H12FIN4. The van der Waals surface area contributed by atoms with Crippen molar-refractivity contribution in [1.29, 1.82) is 0 Å². The molecule has 0 saturated heterocycles. The van der Waals surface area contributed by atoms with Crippen LogP contribution in [0, 0.1) is 9.39 Å². The molecule has 0 atom stereocenters. The van der Waals surface area contributed by atoms with Gasteiger partial charge in [-0.25, -0.2) is 9.07 Å². The van der Waals surface area contributed by atoms with Crippen molar-refractivity contribution in [2.75, 3.05) is 5.73 Å². The van der Waals surface area contributed by atoms with E-state index in [4.69, 9.17) is 5.73 Å². The van der Waals surface area contributed by atoms with Crippen LogP contribution in [-0.2, 0) is 0 Å². The van der Waals surface area contributed by atoms with Crippen LogP contribution in [0.5, 0.6) is 0 Å². The van der Waals surface area contributed by atoms with Gasteiger partial charge in [0.05, 0.1) is 11.4 Å². The number of aromatic nitrogens is 3. The summed E-state index contributed by atoms with van der Waals surface area (Å²) >= 11 is 2.07. The zero-order chi connectivity index (χ0) is 12.6. The van der Waals surface area contributed by atoms with Crippen LogP contribution in [-0.4, -0.2) is 15.0 Å². The Kier molecular flexibility index (Phi) is 3.32. The van der Waals surface area contributed by atoms with E-state index in [2.05, 4.69) is 32.9 Å². The van der Waals surface area contributed by atoms with Crippen LogP contribution in [0.25, 0.3) is 5.69 Å². The van der Waals surface area contributed by atoms with Gasteiger partial charge in [-0.1, -0.05) is 19.1 Å². The van der Waals surface area contributed by atoms with Gasteiger partial charge < -0.3 is 5.73 Å². The van der Waals surface area contributed by atoms with Gasteiger partial charge in [-0.05, 0) is 46.7 Å². The second-order valence-electron chi connectivity index (χ2n) is 4.02. The molecule has 0 radical (unpaired) electrons. The molecule has 6 heteroatoms. The van der Waals surface area contributed by atoms with E-state index in [0.29, 0.717) is 5.82 Å². The maximum absolute atomic E-state index is 13.1. The Balaban J connectivity index is 2.61. The van der Waals surface area contributed by atoms with Crippen molar-refractivity contribution in [3.63, 3.8) is 0 Å². The molecule has 2 N–H and O–H groups in total. The number of hydrogen-bond donors (Lipinski definition) is 1. The average molecular weight is 346 g/mol. The maximum atomic E-state index is 13.1. The smallest absolute Gasteiger partial charge is 0.169 e. The summed E-state index contributed by atoms with van der Waals surface area (Å²) in [5.74, 6) is 0.350. The highest BCUT2D eigenvalue weighted by atomic mass is 127. The number of rotatable bonds is 2. The Bertz CT molecular complexity index is 550. The third-order valence-electron chi connectivity index (χ3n) is 2.42. The van der Waals surface area contributed by atoms with Crippen LogP contribution in [0.2, 0.25) is 0 Å². The number of anilines is 1. The van der Waals surface area contributed by atoms with E-state index in [1.807, 2.05) is 13.8 Å². The molecule has 4 nitrogen and oxygen atoms in total. The quantitative estimate of drug-likeness (QED) is 0.851. The summed E-state index contributed by atoms with van der Waals surface area (Å²) in [6.07, 6.45) is 0. The highest BCUT2D eigenvalue weighted by Gasteiger charge is 2.16. The lowest BCUT2D eigenvalue weighted by atomic mass is 10.1. The van der Waals surface area contributed by atoms with Gasteiger partial charge in [0.1, 0.15) is 5.82 Å². The molecule has 0 aliphatic heterocycles. The Morgan fingerprint density at radius 2 is 2.12 bits per heavy atom. The van der Waals surface area contributed by atoms with Gasteiger partial charge in [0, 0.05) is 3.57 Å². The second kappa shape index (κ2) is 4.59. The average Bonchev–Trinajstić information content (AvgIpc) is 2.60. The largest absolute Gasteiger partial charge is 0.381 e. The summed E-state index contributed by atoms with van der Waals surface area (Å²) in [5, 5.41) is 7.88. The molecule has 2 aromatic rings. The van der Waals surface area contributed by atoms with Crippen LogP contribution < -0.4 is 5.73 Å². The van der Waals surface area contributed by atoms with Crippen molar-refractivity contribution in [3.05, 3.63) is 33.3 Å². The van der Waals surface area contributed by atoms with Crippen LogP contribution in [0.4, 0.5) is 10.2 Å². The molecule has 0 aliphatic carbocycles. The van der Waals surface area contributed by atoms with Crippen LogP contribution in [0.15, 0.2) is 18.2 Å². The summed E-state index contributed by atoms with van der Waals surface area (Å²) in [7, 11) is 0. The highest BCUT2D eigenvalue weighted by molar-refractivity contribution is 14.1. The van der Waals surface area contributed by atoms with Crippen molar-refractivity contribution < 1.29 is 4.39 Å². The SMILES string of the molecule is CC(C)c1c(N)nnn1-c1ccc(F)cc1I. The monoisotopic (exact) mass is 346 g/mol. The first-order valence-corrected chi connectivity index (χ1v) is 6.25. The molecule has 1 heterocycles. The Hall–Kier alpha value is -1.18. The van der Waals surface area contributed by atoms with Gasteiger partial charge in [-0.3, -0.25) is 0 Å². The second-order valence-corrected chi connectivity index (χ2v) is 5.18. The molecule has 0 bridgehead atoms. The fourth-order valence-electron chi connectivity index (χ4n) is 1.67. The third kappa shape index (κ3) is 2.26. The van der Waals surface area contributed by atoms with E-state index in [-0.39, 0.29) is 11.7 Å². The minimum absolute atomic E-state index is 0.200. The van der Waals surface area contributed by atoms with Crippen LogP contribution >= 0.6 is 22.6 Å². The molecular weight excluding hydrogens is 334 g/mol. The van der Waals surface area contributed by atoms with Crippen LogP contribution in [0.3, 0.4) is 0 Å². The summed E-state index contributed by atoms with van der Waals surface area (Å²) in [6, 6.07) is 4.54. The predicted molar refractivity (Wildman–Crippen MR) is 72.5 cm³/mol. The first kappa shape index (κ1) is 12.3. The summed E-state index contributed by atoms with van der Waals surface area (Å²) in [5.41, 5.74) is 7.42. The fraction of sp³-hybridized carbons (Fsp3) is 0.273. The maximum Gasteiger partial charge on any atom is 0.169 e. The molecule has 1 aromatic carbocycles. The summed E-state index contributed by atoms with van der Waals surface area (Å²) in [6.45, 7) is 4.03. The minimum atomic E-state index is -0.266.